The number of H-pyrrole nitrogens is 1. The van der Waals surface area contributed by atoms with Gasteiger partial charge in [0.1, 0.15) is 5.65 Å². The first kappa shape index (κ1) is 20.3. The van der Waals surface area contributed by atoms with Gasteiger partial charge < -0.3 is 4.98 Å². The van der Waals surface area contributed by atoms with Gasteiger partial charge in [-0.3, -0.25) is 0 Å². The van der Waals surface area contributed by atoms with Gasteiger partial charge in [-0.15, -0.1) is 0 Å². The molecule has 0 radical (unpaired) electrons. The molecule has 158 valence electrons. The van der Waals surface area contributed by atoms with Gasteiger partial charge in [-0.05, 0) is 58.9 Å². The largest absolute Gasteiger partial charge is 0.339 e. The van der Waals surface area contributed by atoms with E-state index in [4.69, 9.17) is 0 Å². The van der Waals surface area contributed by atoms with Crippen molar-refractivity contribution in [2.24, 2.45) is 0 Å². The average molecular weight is 417 g/mol. The lowest BCUT2D eigenvalue weighted by Gasteiger charge is -2.06. The fraction of sp³-hybridized carbons (Fsp3) is 0.167. The van der Waals surface area contributed by atoms with E-state index < -0.39 is 0 Å². The number of pyridine rings is 1. The van der Waals surface area contributed by atoms with Crippen LogP contribution in [-0.2, 0) is 0 Å². The standard InChI is InChI=1S/C30H28N2/c1-2-3-4-5-7-12-25-19-20-31-30-29(25)27-21-26(17-18-28(27)32-30)24-15-13-23(14-16-24)22-10-8-6-9-11-22/h6-21H,2-5H2,1H3,(H,31,32)/b12-7+. The molecule has 5 rings (SSSR count). The number of allylic oxidation sites excluding steroid dienone is 1. The van der Waals surface area contributed by atoms with E-state index in [0.717, 1.165) is 17.6 Å². The summed E-state index contributed by atoms with van der Waals surface area (Å²) in [5.74, 6) is 0. The highest BCUT2D eigenvalue weighted by Gasteiger charge is 2.10. The predicted octanol–water partition coefficient (Wildman–Crippen LogP) is 8.64. The summed E-state index contributed by atoms with van der Waals surface area (Å²) in [4.78, 5) is 8.09. The Balaban J connectivity index is 1.51. The summed E-state index contributed by atoms with van der Waals surface area (Å²) in [6.45, 7) is 2.24. The van der Waals surface area contributed by atoms with E-state index in [0.29, 0.717) is 0 Å². The molecule has 0 atom stereocenters. The van der Waals surface area contributed by atoms with Crippen LogP contribution in [-0.4, -0.2) is 9.97 Å². The number of benzene rings is 3. The van der Waals surface area contributed by atoms with Gasteiger partial charge in [0, 0.05) is 22.5 Å². The number of rotatable bonds is 7. The number of aromatic nitrogens is 2. The Morgan fingerprint density at radius 2 is 1.50 bits per heavy atom. The summed E-state index contributed by atoms with van der Waals surface area (Å²) in [5.41, 5.74) is 8.24. The summed E-state index contributed by atoms with van der Waals surface area (Å²) >= 11 is 0. The molecule has 2 nitrogen and oxygen atoms in total. The molecule has 0 saturated heterocycles. The van der Waals surface area contributed by atoms with E-state index in [2.05, 4.69) is 108 Å². The van der Waals surface area contributed by atoms with E-state index in [1.807, 2.05) is 6.20 Å². The minimum atomic E-state index is 0.951. The van der Waals surface area contributed by atoms with Crippen LogP contribution in [0.25, 0.3) is 50.3 Å². The van der Waals surface area contributed by atoms with E-state index >= 15 is 0 Å². The summed E-state index contributed by atoms with van der Waals surface area (Å²) in [6.07, 6.45) is 11.4. The van der Waals surface area contributed by atoms with Crippen molar-refractivity contribution in [2.75, 3.05) is 0 Å². The maximum atomic E-state index is 4.59. The summed E-state index contributed by atoms with van der Waals surface area (Å²) < 4.78 is 0. The summed E-state index contributed by atoms with van der Waals surface area (Å²) in [7, 11) is 0. The minimum absolute atomic E-state index is 0.951. The number of unbranched alkanes of at least 4 members (excludes halogenated alkanes) is 3. The van der Waals surface area contributed by atoms with E-state index in [9.17, 15) is 0 Å². The first-order valence-electron chi connectivity index (χ1n) is 11.6. The lowest BCUT2D eigenvalue weighted by molar-refractivity contribution is 0.730. The Bertz CT molecular complexity index is 1360. The lowest BCUT2D eigenvalue weighted by Crippen LogP contribution is -1.82. The fourth-order valence-electron chi connectivity index (χ4n) is 4.37. The Kier molecular flexibility index (Phi) is 5.85. The van der Waals surface area contributed by atoms with Gasteiger partial charge in [0.2, 0.25) is 0 Å². The van der Waals surface area contributed by atoms with Crippen LogP contribution in [0.3, 0.4) is 0 Å². The van der Waals surface area contributed by atoms with Crippen molar-refractivity contribution in [1.29, 1.82) is 0 Å². The minimum Gasteiger partial charge on any atom is -0.339 e. The van der Waals surface area contributed by atoms with Crippen LogP contribution in [0.2, 0.25) is 0 Å². The highest BCUT2D eigenvalue weighted by molar-refractivity contribution is 6.10. The second-order valence-electron chi connectivity index (χ2n) is 8.35. The smallest absolute Gasteiger partial charge is 0.138 e. The van der Waals surface area contributed by atoms with Gasteiger partial charge in [-0.2, -0.15) is 0 Å². The zero-order valence-electron chi connectivity index (χ0n) is 18.5. The second kappa shape index (κ2) is 9.23. The van der Waals surface area contributed by atoms with Crippen LogP contribution >= 0.6 is 0 Å². The molecule has 0 aliphatic heterocycles. The molecule has 0 aliphatic rings. The van der Waals surface area contributed by atoms with Crippen molar-refractivity contribution in [3.63, 3.8) is 0 Å². The van der Waals surface area contributed by atoms with Gasteiger partial charge in [0.05, 0.1) is 0 Å². The molecule has 5 aromatic rings. The third-order valence-electron chi connectivity index (χ3n) is 6.12. The van der Waals surface area contributed by atoms with Crippen LogP contribution in [0.5, 0.6) is 0 Å². The Morgan fingerprint density at radius 1 is 0.781 bits per heavy atom. The van der Waals surface area contributed by atoms with Crippen LogP contribution in [0.1, 0.15) is 38.2 Å². The SMILES string of the molecule is CCCCC/C=C/c1ccnc2[nH]c3ccc(-c4ccc(-c5ccccc5)cc4)cc3c12. The molecule has 0 fully saturated rings. The maximum absolute atomic E-state index is 4.59. The van der Waals surface area contributed by atoms with Gasteiger partial charge in [0.15, 0.2) is 0 Å². The summed E-state index contributed by atoms with van der Waals surface area (Å²) in [5, 5.41) is 2.43. The molecule has 1 N–H and O–H groups in total. The topological polar surface area (TPSA) is 28.7 Å². The van der Waals surface area contributed by atoms with Gasteiger partial charge in [0.25, 0.3) is 0 Å². The number of fused-ring (bicyclic) bond motifs is 3. The molecular weight excluding hydrogens is 388 g/mol. The number of hydrogen-bond donors (Lipinski definition) is 1. The Hall–Kier alpha value is -3.65. The fourth-order valence-corrected chi connectivity index (χ4v) is 4.37. The van der Waals surface area contributed by atoms with Crippen molar-refractivity contribution >= 4 is 28.0 Å². The number of nitrogens with one attached hydrogen (secondary N) is 1. The Morgan fingerprint density at radius 3 is 2.28 bits per heavy atom. The molecule has 0 spiro atoms. The molecule has 0 aliphatic carbocycles. The Labute approximate surface area is 189 Å². The third kappa shape index (κ3) is 4.09. The van der Waals surface area contributed by atoms with E-state index in [-0.39, 0.29) is 0 Å². The zero-order valence-corrected chi connectivity index (χ0v) is 18.5. The van der Waals surface area contributed by atoms with Crippen molar-refractivity contribution in [2.45, 2.75) is 32.6 Å². The van der Waals surface area contributed by atoms with Crippen LogP contribution in [0.4, 0.5) is 0 Å². The number of hydrogen-bond acceptors (Lipinski definition) is 1. The van der Waals surface area contributed by atoms with Crippen LogP contribution in [0.15, 0.2) is 91.1 Å². The molecule has 2 aromatic heterocycles. The van der Waals surface area contributed by atoms with Gasteiger partial charge >= 0.3 is 0 Å². The normalized spacial score (nSPS) is 11.7. The van der Waals surface area contributed by atoms with Crippen LogP contribution < -0.4 is 0 Å². The molecule has 3 aromatic carbocycles. The van der Waals surface area contributed by atoms with E-state index in [1.165, 1.54) is 57.9 Å². The molecule has 0 saturated carbocycles. The first-order valence-corrected chi connectivity index (χ1v) is 11.6. The zero-order chi connectivity index (χ0) is 21.8. The first-order chi connectivity index (χ1) is 15.8. The number of aromatic amines is 1. The molecule has 0 amide bonds. The molecule has 0 bridgehead atoms. The third-order valence-corrected chi connectivity index (χ3v) is 6.12. The summed E-state index contributed by atoms with van der Waals surface area (Å²) in [6, 6.07) is 28.1. The molecular formula is C30H28N2. The van der Waals surface area contributed by atoms with Gasteiger partial charge in [-0.1, -0.05) is 92.6 Å². The average Bonchev–Trinajstić information content (AvgIpc) is 3.23. The maximum Gasteiger partial charge on any atom is 0.138 e. The molecule has 2 heteroatoms. The number of nitrogens with zero attached hydrogens (tertiary/aromatic N) is 1. The van der Waals surface area contributed by atoms with Crippen molar-refractivity contribution in [1.82, 2.24) is 9.97 Å². The quantitative estimate of drug-likeness (QED) is 0.264. The second-order valence-corrected chi connectivity index (χ2v) is 8.35. The van der Waals surface area contributed by atoms with E-state index in [1.54, 1.807) is 0 Å². The van der Waals surface area contributed by atoms with Crippen molar-refractivity contribution in [3.8, 4) is 22.3 Å². The molecule has 0 unspecified atom stereocenters. The van der Waals surface area contributed by atoms with Crippen molar-refractivity contribution in [3.05, 3.63) is 96.7 Å². The van der Waals surface area contributed by atoms with Crippen molar-refractivity contribution < 1.29 is 0 Å². The van der Waals surface area contributed by atoms with Gasteiger partial charge in [-0.25, -0.2) is 4.98 Å². The molecule has 2 heterocycles. The highest BCUT2D eigenvalue weighted by Crippen LogP contribution is 2.32. The molecule has 32 heavy (non-hydrogen) atoms. The highest BCUT2D eigenvalue weighted by atomic mass is 14.8. The van der Waals surface area contributed by atoms with Crippen LogP contribution in [0, 0.1) is 0 Å². The lowest BCUT2D eigenvalue weighted by atomic mass is 9.98. The monoisotopic (exact) mass is 416 g/mol. The predicted molar refractivity (Wildman–Crippen MR) is 138 cm³/mol.